The van der Waals surface area contributed by atoms with Gasteiger partial charge in [-0.25, -0.2) is 9.78 Å². The van der Waals surface area contributed by atoms with Crippen molar-refractivity contribution in [1.82, 2.24) is 9.62 Å². The van der Waals surface area contributed by atoms with Crippen molar-refractivity contribution in [1.29, 1.82) is 0 Å². The van der Waals surface area contributed by atoms with Crippen LogP contribution in [0.3, 0.4) is 0 Å². The first-order chi connectivity index (χ1) is 9.79. The molecule has 1 rings (SSSR count). The third kappa shape index (κ3) is 10.6. The summed E-state index contributed by atoms with van der Waals surface area (Å²) in [7, 11) is 11.5. The second kappa shape index (κ2) is 12.6. The lowest BCUT2D eigenvalue weighted by molar-refractivity contribution is -0.336. The zero-order valence-corrected chi connectivity index (χ0v) is 11.9. The summed E-state index contributed by atoms with van der Waals surface area (Å²) >= 11 is 0. The van der Waals surface area contributed by atoms with E-state index >= 15 is 0 Å². The second-order valence-electron chi connectivity index (χ2n) is 4.26. The molecule has 4 radical (unpaired) electrons. The standard InChI is InChI=1S/C11H22B2N2O5/c12-14-1-5-16-9-10-17-6-2-15(13)4-8-19-20-11-18-7-3-14/h1-11H2. The molecule has 20 heavy (non-hydrogen) atoms. The molecule has 0 N–H and O–H groups in total. The smallest absolute Gasteiger partial charge is 0.182 e. The molecule has 0 unspecified atom stereocenters. The van der Waals surface area contributed by atoms with Gasteiger partial charge in [0, 0.05) is 26.2 Å². The van der Waals surface area contributed by atoms with Crippen LogP contribution < -0.4 is 0 Å². The van der Waals surface area contributed by atoms with Gasteiger partial charge in [0.2, 0.25) is 0 Å². The van der Waals surface area contributed by atoms with Crippen LogP contribution in [0.15, 0.2) is 0 Å². The molecule has 9 heteroatoms. The summed E-state index contributed by atoms with van der Waals surface area (Å²) in [4.78, 5) is 13.0. The van der Waals surface area contributed by atoms with E-state index in [-0.39, 0.29) is 6.79 Å². The van der Waals surface area contributed by atoms with Crippen LogP contribution in [-0.2, 0) is 24.0 Å². The van der Waals surface area contributed by atoms with Gasteiger partial charge in [-0.05, 0) is 0 Å². The highest BCUT2D eigenvalue weighted by atomic mass is 17.2. The van der Waals surface area contributed by atoms with E-state index in [1.807, 2.05) is 0 Å². The first-order valence-corrected chi connectivity index (χ1v) is 6.76. The van der Waals surface area contributed by atoms with E-state index in [0.29, 0.717) is 65.8 Å². The Morgan fingerprint density at radius 1 is 0.550 bits per heavy atom. The molecule has 0 spiro atoms. The van der Waals surface area contributed by atoms with E-state index in [4.69, 9.17) is 39.9 Å². The van der Waals surface area contributed by atoms with Crippen molar-refractivity contribution in [2.24, 2.45) is 0 Å². The van der Waals surface area contributed by atoms with E-state index in [0.717, 1.165) is 0 Å². The van der Waals surface area contributed by atoms with E-state index in [1.54, 1.807) is 9.62 Å². The van der Waals surface area contributed by atoms with Gasteiger partial charge in [-0.2, -0.15) is 0 Å². The van der Waals surface area contributed by atoms with E-state index in [9.17, 15) is 0 Å². The Hall–Kier alpha value is -0.150. The number of hydrogen-bond donors (Lipinski definition) is 0. The highest BCUT2D eigenvalue weighted by Gasteiger charge is 2.01. The van der Waals surface area contributed by atoms with E-state index < -0.39 is 0 Å². The van der Waals surface area contributed by atoms with Crippen molar-refractivity contribution in [2.75, 3.05) is 72.6 Å². The Morgan fingerprint density at radius 3 is 1.65 bits per heavy atom. The van der Waals surface area contributed by atoms with Crippen LogP contribution in [0.5, 0.6) is 0 Å². The lowest BCUT2D eigenvalue weighted by Crippen LogP contribution is -2.30. The number of nitrogens with zero attached hydrogens (tertiary/aromatic N) is 2. The Labute approximate surface area is 123 Å². The number of ether oxygens (including phenoxy) is 3. The van der Waals surface area contributed by atoms with Crippen LogP contribution in [0.1, 0.15) is 0 Å². The molecule has 1 fully saturated rings. The Morgan fingerprint density at radius 2 is 1.05 bits per heavy atom. The number of rotatable bonds is 0. The lowest BCUT2D eigenvalue weighted by atomic mass is 10.3. The van der Waals surface area contributed by atoms with Crippen molar-refractivity contribution < 1.29 is 24.0 Å². The van der Waals surface area contributed by atoms with Crippen molar-refractivity contribution in [2.45, 2.75) is 0 Å². The van der Waals surface area contributed by atoms with Gasteiger partial charge < -0.3 is 23.8 Å². The second-order valence-corrected chi connectivity index (χ2v) is 4.26. The van der Waals surface area contributed by atoms with Gasteiger partial charge in [0.1, 0.15) is 0 Å². The Bertz CT molecular complexity index is 187. The highest BCUT2D eigenvalue weighted by Crippen LogP contribution is 1.89. The van der Waals surface area contributed by atoms with Crippen LogP contribution in [-0.4, -0.2) is 98.2 Å². The molecule has 1 saturated heterocycles. The zero-order chi connectivity index (χ0) is 14.5. The summed E-state index contributed by atoms with van der Waals surface area (Å²) in [5, 5.41) is 0. The summed E-state index contributed by atoms with van der Waals surface area (Å²) in [6.45, 7) is 5.50. The third-order valence-corrected chi connectivity index (χ3v) is 2.62. The van der Waals surface area contributed by atoms with Gasteiger partial charge in [-0.1, -0.05) is 0 Å². The maximum atomic E-state index is 5.75. The average molecular weight is 284 g/mol. The van der Waals surface area contributed by atoms with Crippen molar-refractivity contribution in [3.63, 3.8) is 0 Å². The SMILES string of the molecule is [B]N1CCOCCOCCN([B])CCOOCOCC1. The van der Waals surface area contributed by atoms with Gasteiger partial charge in [-0.3, -0.25) is 0 Å². The molecule has 0 aromatic rings. The lowest BCUT2D eigenvalue weighted by Gasteiger charge is -2.19. The largest absolute Gasteiger partial charge is 0.378 e. The Kier molecular flexibility index (Phi) is 11.3. The molecule has 0 bridgehead atoms. The maximum absolute atomic E-state index is 5.75. The molecule has 0 aliphatic carbocycles. The molecule has 0 saturated carbocycles. The fourth-order valence-corrected chi connectivity index (χ4v) is 1.43. The fraction of sp³-hybridized carbons (Fsp3) is 1.00. The molecule has 1 aliphatic rings. The van der Waals surface area contributed by atoms with Gasteiger partial charge in [-0.15, -0.1) is 0 Å². The van der Waals surface area contributed by atoms with E-state index in [2.05, 4.69) is 0 Å². The number of hydrogen-bond acceptors (Lipinski definition) is 7. The van der Waals surface area contributed by atoms with Gasteiger partial charge >= 0.3 is 0 Å². The van der Waals surface area contributed by atoms with Crippen LogP contribution in [0.4, 0.5) is 0 Å². The zero-order valence-electron chi connectivity index (χ0n) is 11.9. The molecular formula is C11H22B2N2O5. The minimum Gasteiger partial charge on any atom is -0.378 e. The molecule has 0 aromatic carbocycles. The highest BCUT2D eigenvalue weighted by molar-refractivity contribution is 6.04. The Balaban J connectivity index is 2.16. The van der Waals surface area contributed by atoms with Crippen LogP contribution >= 0.6 is 0 Å². The predicted molar refractivity (Wildman–Crippen MR) is 74.1 cm³/mol. The monoisotopic (exact) mass is 284 g/mol. The third-order valence-electron chi connectivity index (χ3n) is 2.62. The first kappa shape index (κ1) is 17.9. The normalized spacial score (nSPS) is 24.8. The molecule has 0 amide bonds. The quantitative estimate of drug-likeness (QED) is 0.406. The summed E-state index contributed by atoms with van der Waals surface area (Å²) in [5.74, 6) is 0. The van der Waals surface area contributed by atoms with Gasteiger partial charge in [0.15, 0.2) is 22.8 Å². The van der Waals surface area contributed by atoms with Gasteiger partial charge in [0.25, 0.3) is 0 Å². The molecule has 7 nitrogen and oxygen atoms in total. The summed E-state index contributed by atoms with van der Waals surface area (Å²) in [6, 6.07) is 0. The molecule has 1 heterocycles. The average Bonchev–Trinajstić information content (AvgIpc) is 2.43. The first-order valence-electron chi connectivity index (χ1n) is 6.76. The summed E-state index contributed by atoms with van der Waals surface area (Å²) < 4.78 is 16.0. The molecule has 112 valence electrons. The summed E-state index contributed by atoms with van der Waals surface area (Å²) in [5.41, 5.74) is 0. The van der Waals surface area contributed by atoms with Gasteiger partial charge in [0.05, 0.1) is 39.6 Å². The maximum Gasteiger partial charge on any atom is 0.182 e. The van der Waals surface area contributed by atoms with Crippen LogP contribution in [0, 0.1) is 0 Å². The summed E-state index contributed by atoms with van der Waals surface area (Å²) in [6.07, 6.45) is 0. The van der Waals surface area contributed by atoms with Crippen molar-refractivity contribution in [3.05, 3.63) is 0 Å². The molecule has 1 aliphatic heterocycles. The van der Waals surface area contributed by atoms with Crippen molar-refractivity contribution >= 4 is 16.0 Å². The van der Waals surface area contributed by atoms with Crippen LogP contribution in [0.25, 0.3) is 0 Å². The minimum atomic E-state index is 0.0675. The molecular weight excluding hydrogens is 262 g/mol. The molecule has 0 atom stereocenters. The van der Waals surface area contributed by atoms with E-state index in [1.165, 1.54) is 0 Å². The van der Waals surface area contributed by atoms with Crippen LogP contribution in [0.2, 0.25) is 0 Å². The predicted octanol–water partition coefficient (Wildman–Crippen LogP) is -1.27. The van der Waals surface area contributed by atoms with Crippen molar-refractivity contribution in [3.8, 4) is 0 Å². The fourth-order valence-electron chi connectivity index (χ4n) is 1.43. The topological polar surface area (TPSA) is 52.6 Å². The minimum absolute atomic E-state index is 0.0675. The molecule has 0 aromatic heterocycles.